The number of benzene rings is 2. The molecule has 0 bridgehead atoms. The number of hydrogen-bond acceptors (Lipinski definition) is 5. The van der Waals surface area contributed by atoms with Crippen LogP contribution in [-0.4, -0.2) is 42.7 Å². The van der Waals surface area contributed by atoms with Crippen LogP contribution in [0.5, 0.6) is 17.2 Å². The highest BCUT2D eigenvalue weighted by molar-refractivity contribution is 5.99. The van der Waals surface area contributed by atoms with Crippen molar-refractivity contribution in [3.63, 3.8) is 0 Å². The minimum atomic E-state index is -0.651. The summed E-state index contributed by atoms with van der Waals surface area (Å²) in [5.41, 5.74) is 1.36. The molecule has 1 N–H and O–H groups in total. The van der Waals surface area contributed by atoms with Gasteiger partial charge in [-0.05, 0) is 49.1 Å². The Labute approximate surface area is 200 Å². The number of carbonyl (C=O) groups excluding carboxylic acids is 2. The van der Waals surface area contributed by atoms with Crippen molar-refractivity contribution in [1.82, 2.24) is 10.2 Å². The van der Waals surface area contributed by atoms with E-state index in [4.69, 9.17) is 14.2 Å². The normalized spacial score (nSPS) is 24.1. The SMILES string of the molecule is CC(C)[C@H]1C(=O)N[C@H](c2ccc3c(c2)OCO3)C/C=C\C[C@@H](C)Oc2ccccc2C(=O)N1C. The molecule has 2 aromatic carbocycles. The molecule has 2 aliphatic heterocycles. The molecule has 180 valence electrons. The first-order valence-electron chi connectivity index (χ1n) is 11.7. The monoisotopic (exact) mass is 464 g/mol. The summed E-state index contributed by atoms with van der Waals surface area (Å²) in [6, 6.07) is 12.0. The summed E-state index contributed by atoms with van der Waals surface area (Å²) in [6.45, 7) is 6.06. The zero-order chi connectivity index (χ0) is 24.2. The fourth-order valence-electron chi connectivity index (χ4n) is 4.44. The molecule has 2 amide bonds. The Bertz CT molecular complexity index is 1080. The number of nitrogens with one attached hydrogen (secondary N) is 1. The van der Waals surface area contributed by atoms with Crippen LogP contribution in [0.15, 0.2) is 54.6 Å². The van der Waals surface area contributed by atoms with Crippen molar-refractivity contribution in [3.8, 4) is 17.2 Å². The zero-order valence-electron chi connectivity index (χ0n) is 20.1. The largest absolute Gasteiger partial charge is 0.490 e. The lowest BCUT2D eigenvalue weighted by atomic mass is 9.97. The molecule has 0 spiro atoms. The van der Waals surface area contributed by atoms with Crippen LogP contribution in [0.3, 0.4) is 0 Å². The van der Waals surface area contributed by atoms with Crippen LogP contribution in [-0.2, 0) is 4.79 Å². The van der Waals surface area contributed by atoms with E-state index < -0.39 is 6.04 Å². The van der Waals surface area contributed by atoms with Crippen LogP contribution in [0.4, 0.5) is 0 Å². The van der Waals surface area contributed by atoms with Crippen molar-refractivity contribution in [2.24, 2.45) is 5.92 Å². The minimum absolute atomic E-state index is 0.0955. The Kier molecular flexibility index (Phi) is 7.10. The van der Waals surface area contributed by atoms with E-state index in [1.165, 1.54) is 4.90 Å². The molecule has 0 unspecified atom stereocenters. The van der Waals surface area contributed by atoms with Crippen molar-refractivity contribution >= 4 is 11.8 Å². The molecule has 0 aromatic heterocycles. The lowest BCUT2D eigenvalue weighted by Crippen LogP contribution is -2.51. The molecule has 34 heavy (non-hydrogen) atoms. The van der Waals surface area contributed by atoms with Gasteiger partial charge in [0.05, 0.1) is 17.7 Å². The summed E-state index contributed by atoms with van der Waals surface area (Å²) < 4.78 is 17.1. The second-order valence-corrected chi connectivity index (χ2v) is 9.15. The number of nitrogens with zero attached hydrogens (tertiary/aromatic N) is 1. The topological polar surface area (TPSA) is 77.1 Å². The summed E-state index contributed by atoms with van der Waals surface area (Å²) in [7, 11) is 1.67. The van der Waals surface area contributed by atoms with E-state index in [-0.39, 0.29) is 36.7 Å². The molecular weight excluding hydrogens is 432 g/mol. The molecule has 2 aliphatic rings. The van der Waals surface area contributed by atoms with Crippen molar-refractivity contribution in [2.75, 3.05) is 13.8 Å². The third kappa shape index (κ3) is 5.03. The first-order chi connectivity index (χ1) is 16.3. The van der Waals surface area contributed by atoms with Gasteiger partial charge in [-0.15, -0.1) is 0 Å². The number of hydrogen-bond donors (Lipinski definition) is 1. The summed E-state index contributed by atoms with van der Waals surface area (Å²) >= 11 is 0. The Morgan fingerprint density at radius 3 is 2.50 bits per heavy atom. The van der Waals surface area contributed by atoms with E-state index in [1.807, 2.05) is 51.1 Å². The van der Waals surface area contributed by atoms with E-state index in [0.29, 0.717) is 35.7 Å². The van der Waals surface area contributed by atoms with Crippen LogP contribution in [0, 0.1) is 5.92 Å². The highest BCUT2D eigenvalue weighted by Crippen LogP contribution is 2.35. The summed E-state index contributed by atoms with van der Waals surface area (Å²) in [6.07, 6.45) is 5.27. The Morgan fingerprint density at radius 2 is 1.71 bits per heavy atom. The van der Waals surface area contributed by atoms with Gasteiger partial charge in [-0.2, -0.15) is 0 Å². The maximum Gasteiger partial charge on any atom is 0.258 e. The highest BCUT2D eigenvalue weighted by atomic mass is 16.7. The second kappa shape index (κ2) is 10.2. The van der Waals surface area contributed by atoms with Gasteiger partial charge in [-0.25, -0.2) is 0 Å². The van der Waals surface area contributed by atoms with Gasteiger partial charge in [-0.3, -0.25) is 9.59 Å². The molecule has 0 saturated heterocycles. The fourth-order valence-corrected chi connectivity index (χ4v) is 4.44. The Balaban J connectivity index is 1.69. The van der Waals surface area contributed by atoms with Crippen molar-refractivity contribution in [3.05, 3.63) is 65.7 Å². The van der Waals surface area contributed by atoms with Gasteiger partial charge in [0.15, 0.2) is 11.5 Å². The van der Waals surface area contributed by atoms with Crippen LogP contribution >= 0.6 is 0 Å². The van der Waals surface area contributed by atoms with E-state index in [2.05, 4.69) is 17.5 Å². The van der Waals surface area contributed by atoms with Crippen LogP contribution in [0.1, 0.15) is 55.6 Å². The van der Waals surface area contributed by atoms with Crippen LogP contribution in [0.25, 0.3) is 0 Å². The third-order valence-electron chi connectivity index (χ3n) is 6.21. The molecule has 0 fully saturated rings. The Morgan fingerprint density at radius 1 is 0.971 bits per heavy atom. The molecule has 3 atom stereocenters. The lowest BCUT2D eigenvalue weighted by Gasteiger charge is -2.32. The van der Waals surface area contributed by atoms with Gasteiger partial charge >= 0.3 is 0 Å². The molecule has 4 rings (SSSR count). The molecule has 0 radical (unpaired) electrons. The summed E-state index contributed by atoms with van der Waals surface area (Å²) in [5.74, 6) is 1.35. The van der Waals surface area contributed by atoms with Crippen molar-refractivity contribution in [1.29, 1.82) is 0 Å². The Hall–Kier alpha value is -3.48. The van der Waals surface area contributed by atoms with Crippen molar-refractivity contribution < 1.29 is 23.8 Å². The number of fused-ring (bicyclic) bond motifs is 2. The van der Waals surface area contributed by atoms with Gasteiger partial charge in [0.2, 0.25) is 12.7 Å². The number of ether oxygens (including phenoxy) is 3. The maximum atomic E-state index is 13.5. The molecule has 2 heterocycles. The number of likely N-dealkylation sites (N-methyl/N-ethyl adjacent to an activating group) is 1. The number of para-hydroxylation sites is 1. The molecule has 0 saturated carbocycles. The molecule has 7 heteroatoms. The van der Waals surface area contributed by atoms with Crippen molar-refractivity contribution in [2.45, 2.75) is 51.8 Å². The molecule has 2 aromatic rings. The average molecular weight is 465 g/mol. The smallest absolute Gasteiger partial charge is 0.258 e. The lowest BCUT2D eigenvalue weighted by molar-refractivity contribution is -0.127. The predicted molar refractivity (Wildman–Crippen MR) is 129 cm³/mol. The first kappa shape index (κ1) is 23.7. The van der Waals surface area contributed by atoms with Gasteiger partial charge in [0, 0.05) is 13.5 Å². The van der Waals surface area contributed by atoms with Gasteiger partial charge < -0.3 is 24.4 Å². The summed E-state index contributed by atoms with van der Waals surface area (Å²) in [5, 5.41) is 3.18. The minimum Gasteiger partial charge on any atom is -0.490 e. The third-order valence-corrected chi connectivity index (χ3v) is 6.21. The zero-order valence-corrected chi connectivity index (χ0v) is 20.1. The number of rotatable bonds is 2. The molecular formula is C27H32N2O5. The molecule has 0 aliphatic carbocycles. The number of amides is 2. The second-order valence-electron chi connectivity index (χ2n) is 9.15. The van der Waals surface area contributed by atoms with Crippen LogP contribution < -0.4 is 19.5 Å². The summed E-state index contributed by atoms with van der Waals surface area (Å²) in [4.78, 5) is 28.5. The average Bonchev–Trinajstić information content (AvgIpc) is 3.28. The standard InChI is InChI=1S/C27H32N2O5/c1-17(2)25-26(30)28-21(19-13-14-23-24(15-19)33-16-32-23)11-7-5-9-18(3)34-22-12-8-6-10-20(22)27(31)29(25)4/h5-8,10,12-15,17-18,21,25H,9,11,16H2,1-4H3,(H,28,30)/b7-5-/t18-,21+,25+/m1/s1. The van der Waals surface area contributed by atoms with E-state index >= 15 is 0 Å². The number of carbonyl (C=O) groups is 2. The maximum absolute atomic E-state index is 13.5. The van der Waals surface area contributed by atoms with E-state index in [0.717, 1.165) is 5.56 Å². The van der Waals surface area contributed by atoms with E-state index in [9.17, 15) is 9.59 Å². The van der Waals surface area contributed by atoms with Gasteiger partial charge in [-0.1, -0.05) is 44.2 Å². The van der Waals surface area contributed by atoms with Gasteiger partial charge in [0.25, 0.3) is 5.91 Å². The van der Waals surface area contributed by atoms with Crippen LogP contribution in [0.2, 0.25) is 0 Å². The highest BCUT2D eigenvalue weighted by Gasteiger charge is 2.33. The quantitative estimate of drug-likeness (QED) is 0.663. The van der Waals surface area contributed by atoms with E-state index in [1.54, 1.807) is 19.2 Å². The predicted octanol–water partition coefficient (Wildman–Crippen LogP) is 4.49. The van der Waals surface area contributed by atoms with Gasteiger partial charge in [0.1, 0.15) is 11.8 Å². The first-order valence-corrected chi connectivity index (χ1v) is 11.7. The molecule has 7 nitrogen and oxygen atoms in total. The fraction of sp³-hybridized carbons (Fsp3) is 0.407.